The number of hydrogen-bond donors (Lipinski definition) is 0. The van der Waals surface area contributed by atoms with Crippen molar-refractivity contribution >= 4 is 11.8 Å². The highest BCUT2D eigenvalue weighted by molar-refractivity contribution is 5.94. The van der Waals surface area contributed by atoms with E-state index in [1.807, 2.05) is 6.07 Å². The molecule has 0 radical (unpaired) electrons. The molecule has 2 aromatic rings. The molecular formula is C15H11O3-. The van der Waals surface area contributed by atoms with Gasteiger partial charge >= 0.3 is 0 Å². The van der Waals surface area contributed by atoms with Crippen molar-refractivity contribution in [1.82, 2.24) is 0 Å². The number of carbonyl (C=O) groups is 2. The van der Waals surface area contributed by atoms with Crippen molar-refractivity contribution < 1.29 is 14.7 Å². The molecule has 2 rings (SSSR count). The largest absolute Gasteiger partial charge is 0.545 e. The number of Topliss-reactive ketones (excluding diaryl/α,β-unsaturated/α-hetero) is 1. The van der Waals surface area contributed by atoms with Crippen molar-refractivity contribution in [2.24, 2.45) is 0 Å². The summed E-state index contributed by atoms with van der Waals surface area (Å²) in [5, 5.41) is 10.8. The number of hydrogen-bond acceptors (Lipinski definition) is 3. The summed E-state index contributed by atoms with van der Waals surface area (Å²) < 4.78 is 0. The molecule has 0 saturated heterocycles. The minimum absolute atomic E-state index is 0.00466. The third-order valence-corrected chi connectivity index (χ3v) is 2.72. The first-order valence-corrected chi connectivity index (χ1v) is 5.51. The van der Waals surface area contributed by atoms with Gasteiger partial charge in [0.2, 0.25) is 0 Å². The zero-order chi connectivity index (χ0) is 13.1. The Kier molecular flexibility index (Phi) is 3.24. The summed E-state index contributed by atoms with van der Waals surface area (Å²) in [4.78, 5) is 21.9. The van der Waals surface area contributed by atoms with Crippen molar-refractivity contribution in [1.29, 1.82) is 0 Å². The molecule has 0 aliphatic heterocycles. The van der Waals surface area contributed by atoms with E-state index in [0.717, 1.165) is 11.1 Å². The third kappa shape index (κ3) is 2.46. The van der Waals surface area contributed by atoms with Crippen LogP contribution in [-0.4, -0.2) is 11.8 Å². The number of aromatic carboxylic acids is 1. The van der Waals surface area contributed by atoms with Crippen molar-refractivity contribution in [2.75, 3.05) is 0 Å². The number of benzene rings is 2. The lowest BCUT2D eigenvalue weighted by atomic mass is 10.0. The summed E-state index contributed by atoms with van der Waals surface area (Å²) in [7, 11) is 0. The molecule has 0 bridgehead atoms. The lowest BCUT2D eigenvalue weighted by Gasteiger charge is -2.06. The van der Waals surface area contributed by atoms with Gasteiger partial charge in [-0.3, -0.25) is 4.79 Å². The molecule has 3 heteroatoms. The monoisotopic (exact) mass is 239 g/mol. The highest BCUT2D eigenvalue weighted by Gasteiger charge is 2.02. The van der Waals surface area contributed by atoms with Crippen LogP contribution in [0.5, 0.6) is 0 Å². The van der Waals surface area contributed by atoms with Gasteiger partial charge in [-0.15, -0.1) is 0 Å². The van der Waals surface area contributed by atoms with E-state index >= 15 is 0 Å². The highest BCUT2D eigenvalue weighted by atomic mass is 16.4. The first-order valence-electron chi connectivity index (χ1n) is 5.51. The number of carboxylic acids is 1. The van der Waals surface area contributed by atoms with Crippen LogP contribution in [0, 0.1) is 0 Å². The van der Waals surface area contributed by atoms with Gasteiger partial charge in [0.1, 0.15) is 0 Å². The topological polar surface area (TPSA) is 57.2 Å². The Balaban J connectivity index is 2.39. The fourth-order valence-electron chi connectivity index (χ4n) is 1.72. The first-order chi connectivity index (χ1) is 8.58. The van der Waals surface area contributed by atoms with Crippen LogP contribution in [0.2, 0.25) is 0 Å². The normalized spacial score (nSPS) is 10.1. The maximum Gasteiger partial charge on any atom is 0.159 e. The van der Waals surface area contributed by atoms with E-state index in [-0.39, 0.29) is 11.3 Å². The number of ketones is 1. The van der Waals surface area contributed by atoms with Crippen LogP contribution < -0.4 is 5.11 Å². The minimum Gasteiger partial charge on any atom is -0.545 e. The smallest absolute Gasteiger partial charge is 0.159 e. The number of carboxylic acid groups (broad SMARTS) is 1. The second-order valence-corrected chi connectivity index (χ2v) is 4.00. The van der Waals surface area contributed by atoms with E-state index in [0.29, 0.717) is 5.56 Å². The fraction of sp³-hybridized carbons (Fsp3) is 0.0667. The molecule has 0 atom stereocenters. The Morgan fingerprint density at radius 3 is 2.11 bits per heavy atom. The van der Waals surface area contributed by atoms with Crippen molar-refractivity contribution in [3.05, 3.63) is 59.7 Å². The van der Waals surface area contributed by atoms with Gasteiger partial charge in [-0.05, 0) is 29.7 Å². The van der Waals surface area contributed by atoms with Crippen molar-refractivity contribution in [3.8, 4) is 11.1 Å². The molecule has 2 aromatic carbocycles. The van der Waals surface area contributed by atoms with Crippen LogP contribution in [0.4, 0.5) is 0 Å². The molecule has 0 saturated carbocycles. The molecule has 0 aromatic heterocycles. The molecule has 0 aliphatic rings. The molecule has 0 N–H and O–H groups in total. The zero-order valence-corrected chi connectivity index (χ0v) is 9.84. The van der Waals surface area contributed by atoms with E-state index in [1.54, 1.807) is 36.4 Å². The minimum atomic E-state index is -1.20. The quantitative estimate of drug-likeness (QED) is 0.769. The van der Waals surface area contributed by atoms with Crippen molar-refractivity contribution in [2.45, 2.75) is 6.92 Å². The SMILES string of the molecule is CC(=O)c1ccc(-c2cccc(C(=O)[O-])c2)cc1. The van der Waals surface area contributed by atoms with Crippen LogP contribution in [-0.2, 0) is 0 Å². The maximum absolute atomic E-state index is 11.2. The molecule has 3 nitrogen and oxygen atoms in total. The fourth-order valence-corrected chi connectivity index (χ4v) is 1.72. The Bertz CT molecular complexity index is 597. The second-order valence-electron chi connectivity index (χ2n) is 4.00. The van der Waals surface area contributed by atoms with Gasteiger partial charge in [0, 0.05) is 5.56 Å². The van der Waals surface area contributed by atoms with E-state index in [1.165, 1.54) is 13.0 Å². The Morgan fingerprint density at radius 2 is 1.56 bits per heavy atom. The van der Waals surface area contributed by atoms with Gasteiger partial charge in [0.25, 0.3) is 0 Å². The van der Waals surface area contributed by atoms with Gasteiger partial charge < -0.3 is 9.90 Å². The molecule has 0 fully saturated rings. The van der Waals surface area contributed by atoms with Gasteiger partial charge in [-0.25, -0.2) is 0 Å². The highest BCUT2D eigenvalue weighted by Crippen LogP contribution is 2.21. The third-order valence-electron chi connectivity index (χ3n) is 2.72. The molecule has 0 heterocycles. The molecule has 0 unspecified atom stereocenters. The lowest BCUT2D eigenvalue weighted by Crippen LogP contribution is -2.22. The van der Waals surface area contributed by atoms with E-state index in [2.05, 4.69) is 0 Å². The summed E-state index contributed by atoms with van der Waals surface area (Å²) in [6.45, 7) is 1.51. The van der Waals surface area contributed by atoms with Crippen molar-refractivity contribution in [3.63, 3.8) is 0 Å². The summed E-state index contributed by atoms with van der Waals surface area (Å²) in [5.74, 6) is -1.19. The predicted octanol–water partition coefficient (Wildman–Crippen LogP) is 1.92. The summed E-state index contributed by atoms with van der Waals surface area (Å²) >= 11 is 0. The van der Waals surface area contributed by atoms with Crippen LogP contribution >= 0.6 is 0 Å². The summed E-state index contributed by atoms with van der Waals surface area (Å²) in [6, 6.07) is 13.6. The molecule has 0 aliphatic carbocycles. The van der Waals surface area contributed by atoms with Crippen LogP contribution in [0.3, 0.4) is 0 Å². The summed E-state index contributed by atoms with van der Waals surface area (Å²) in [6.07, 6.45) is 0. The summed E-state index contributed by atoms with van der Waals surface area (Å²) in [5.41, 5.74) is 2.42. The Morgan fingerprint density at radius 1 is 0.889 bits per heavy atom. The standard InChI is InChI=1S/C15H12O3/c1-10(16)11-5-7-12(8-6-11)13-3-2-4-14(9-13)15(17)18/h2-9H,1H3,(H,17,18)/p-1. The van der Waals surface area contributed by atoms with Gasteiger partial charge in [0.15, 0.2) is 5.78 Å². The lowest BCUT2D eigenvalue weighted by molar-refractivity contribution is -0.255. The maximum atomic E-state index is 11.2. The van der Waals surface area contributed by atoms with Crippen LogP contribution in [0.15, 0.2) is 48.5 Å². The first kappa shape index (κ1) is 12.0. The predicted molar refractivity (Wildman–Crippen MR) is 66.2 cm³/mol. The van der Waals surface area contributed by atoms with Gasteiger partial charge in [-0.1, -0.05) is 42.5 Å². The average Bonchev–Trinajstić information content (AvgIpc) is 2.39. The van der Waals surface area contributed by atoms with Gasteiger partial charge in [-0.2, -0.15) is 0 Å². The van der Waals surface area contributed by atoms with E-state index < -0.39 is 5.97 Å². The Labute approximate surface area is 105 Å². The average molecular weight is 239 g/mol. The molecule has 0 amide bonds. The molecule has 0 spiro atoms. The van der Waals surface area contributed by atoms with E-state index in [9.17, 15) is 14.7 Å². The molecule has 90 valence electrons. The van der Waals surface area contributed by atoms with Crippen LogP contribution in [0.25, 0.3) is 11.1 Å². The second kappa shape index (κ2) is 4.84. The zero-order valence-electron chi connectivity index (χ0n) is 9.84. The molecular weight excluding hydrogens is 228 g/mol. The Hall–Kier alpha value is -2.42. The van der Waals surface area contributed by atoms with E-state index in [4.69, 9.17) is 0 Å². The van der Waals surface area contributed by atoms with Crippen LogP contribution in [0.1, 0.15) is 27.6 Å². The number of carbonyl (C=O) groups excluding carboxylic acids is 2. The number of rotatable bonds is 3. The molecule has 18 heavy (non-hydrogen) atoms. The van der Waals surface area contributed by atoms with Gasteiger partial charge in [0.05, 0.1) is 5.97 Å².